The van der Waals surface area contributed by atoms with Crippen molar-refractivity contribution in [1.29, 1.82) is 0 Å². The fraction of sp³-hybridized carbons (Fsp3) is 1.00. The third-order valence-electron chi connectivity index (χ3n) is 4.02. The summed E-state index contributed by atoms with van der Waals surface area (Å²) < 4.78 is 0. The van der Waals surface area contributed by atoms with E-state index >= 15 is 0 Å². The Bertz CT molecular complexity index is 168. The van der Waals surface area contributed by atoms with Crippen LogP contribution in [0.25, 0.3) is 0 Å². The molecule has 0 aromatic heterocycles. The molecule has 0 heterocycles. The second kappa shape index (κ2) is 8.54. The Morgan fingerprint density at radius 3 is 1.18 bits per heavy atom. The van der Waals surface area contributed by atoms with Gasteiger partial charge in [0.05, 0.1) is 0 Å². The summed E-state index contributed by atoms with van der Waals surface area (Å²) in [6, 6.07) is 2.37. The molecule has 0 atom stereocenters. The molecule has 104 valence electrons. The van der Waals surface area contributed by atoms with Crippen LogP contribution < -0.4 is 16.8 Å². The van der Waals surface area contributed by atoms with E-state index in [9.17, 15) is 0 Å². The van der Waals surface area contributed by atoms with Gasteiger partial charge in [-0.1, -0.05) is 0 Å². The van der Waals surface area contributed by atoms with Gasteiger partial charge in [0, 0.05) is 24.2 Å². The van der Waals surface area contributed by atoms with Gasteiger partial charge >= 0.3 is 0 Å². The van der Waals surface area contributed by atoms with E-state index in [1.807, 2.05) is 0 Å². The van der Waals surface area contributed by atoms with Gasteiger partial charge in [0.2, 0.25) is 0 Å². The predicted molar refractivity (Wildman–Crippen MR) is 78.1 cm³/mol. The van der Waals surface area contributed by atoms with E-state index in [0.29, 0.717) is 12.1 Å². The van der Waals surface area contributed by atoms with Crippen LogP contribution in [0.1, 0.15) is 51.4 Å². The first kappa shape index (κ1) is 17.5. The fourth-order valence-electron chi connectivity index (χ4n) is 2.91. The van der Waals surface area contributed by atoms with Gasteiger partial charge in [0.1, 0.15) is 0 Å². The minimum atomic E-state index is 0. The molecule has 3 nitrogen and oxygen atoms in total. The lowest BCUT2D eigenvalue weighted by Gasteiger charge is -2.33. The highest BCUT2D eigenvalue weighted by molar-refractivity contribution is 5.85. The Morgan fingerprint density at radius 2 is 0.882 bits per heavy atom. The lowest BCUT2D eigenvalue weighted by molar-refractivity contribution is 0.268. The van der Waals surface area contributed by atoms with Gasteiger partial charge in [-0.05, 0) is 51.4 Å². The molecule has 5 heteroatoms. The fourth-order valence-corrected chi connectivity index (χ4v) is 2.91. The summed E-state index contributed by atoms with van der Waals surface area (Å²) in [4.78, 5) is 0. The molecule has 2 saturated carbocycles. The molecule has 17 heavy (non-hydrogen) atoms. The number of hydrogen-bond acceptors (Lipinski definition) is 3. The average Bonchev–Trinajstić information content (AvgIpc) is 2.25. The quantitative estimate of drug-likeness (QED) is 0.726. The Labute approximate surface area is 117 Å². The summed E-state index contributed by atoms with van der Waals surface area (Å²) in [6.45, 7) is 0. The highest BCUT2D eigenvalue weighted by Crippen LogP contribution is 2.22. The summed E-state index contributed by atoms with van der Waals surface area (Å²) in [5.41, 5.74) is 11.8. The molecule has 0 unspecified atom stereocenters. The maximum absolute atomic E-state index is 5.90. The van der Waals surface area contributed by atoms with Crippen LogP contribution in [0.2, 0.25) is 0 Å². The largest absolute Gasteiger partial charge is 0.328 e. The molecular formula is C12H27Cl2N3. The van der Waals surface area contributed by atoms with Crippen molar-refractivity contribution in [2.75, 3.05) is 0 Å². The van der Waals surface area contributed by atoms with E-state index in [1.165, 1.54) is 51.4 Å². The first-order valence-electron chi connectivity index (χ1n) is 6.51. The Balaban J connectivity index is 0.00000128. The molecular weight excluding hydrogens is 257 g/mol. The van der Waals surface area contributed by atoms with Crippen molar-refractivity contribution in [2.24, 2.45) is 11.5 Å². The van der Waals surface area contributed by atoms with Gasteiger partial charge in [-0.15, -0.1) is 24.8 Å². The molecule has 2 aliphatic carbocycles. The van der Waals surface area contributed by atoms with Gasteiger partial charge in [-0.3, -0.25) is 0 Å². The maximum atomic E-state index is 5.90. The lowest BCUT2D eigenvalue weighted by atomic mass is 9.88. The van der Waals surface area contributed by atoms with E-state index in [1.54, 1.807) is 0 Å². The van der Waals surface area contributed by atoms with Crippen LogP contribution in [0.3, 0.4) is 0 Å². The van der Waals surface area contributed by atoms with Gasteiger partial charge in [0.15, 0.2) is 0 Å². The normalized spacial score (nSPS) is 37.8. The first-order chi connectivity index (χ1) is 7.24. The Morgan fingerprint density at radius 1 is 0.588 bits per heavy atom. The van der Waals surface area contributed by atoms with E-state index in [-0.39, 0.29) is 24.8 Å². The number of hydrogen-bond donors (Lipinski definition) is 3. The second-order valence-corrected chi connectivity index (χ2v) is 5.39. The average molecular weight is 284 g/mol. The summed E-state index contributed by atoms with van der Waals surface area (Å²) in [7, 11) is 0. The Hall–Kier alpha value is 0.460. The Kier molecular flexibility index (Phi) is 8.77. The van der Waals surface area contributed by atoms with Crippen molar-refractivity contribution in [3.63, 3.8) is 0 Å². The van der Waals surface area contributed by atoms with Crippen LogP contribution in [0.4, 0.5) is 0 Å². The zero-order valence-corrected chi connectivity index (χ0v) is 12.1. The molecule has 0 aromatic rings. The molecule has 0 radical (unpaired) electrons. The van der Waals surface area contributed by atoms with Crippen LogP contribution in [0.15, 0.2) is 0 Å². The minimum Gasteiger partial charge on any atom is -0.328 e. The van der Waals surface area contributed by atoms with E-state index in [2.05, 4.69) is 5.32 Å². The molecule has 2 aliphatic rings. The molecule has 5 N–H and O–H groups in total. The van der Waals surface area contributed by atoms with Crippen molar-refractivity contribution in [3.05, 3.63) is 0 Å². The molecule has 0 saturated heterocycles. The number of nitrogens with one attached hydrogen (secondary N) is 1. The predicted octanol–water partition coefficient (Wildman–Crippen LogP) is 1.96. The molecule has 0 amide bonds. The monoisotopic (exact) mass is 283 g/mol. The first-order valence-corrected chi connectivity index (χ1v) is 6.51. The molecule has 0 spiro atoms. The molecule has 2 rings (SSSR count). The smallest absolute Gasteiger partial charge is 0.00708 e. The van der Waals surface area contributed by atoms with Crippen molar-refractivity contribution in [2.45, 2.75) is 75.5 Å². The highest BCUT2D eigenvalue weighted by Gasteiger charge is 2.23. The summed E-state index contributed by atoms with van der Waals surface area (Å²) in [5, 5.41) is 3.79. The maximum Gasteiger partial charge on any atom is 0.00708 e. The van der Waals surface area contributed by atoms with E-state index in [0.717, 1.165) is 12.1 Å². The minimum absolute atomic E-state index is 0. The molecule has 0 aromatic carbocycles. The van der Waals surface area contributed by atoms with E-state index in [4.69, 9.17) is 11.5 Å². The third-order valence-corrected chi connectivity index (χ3v) is 4.02. The summed E-state index contributed by atoms with van der Waals surface area (Å²) in [5.74, 6) is 0. The van der Waals surface area contributed by atoms with Crippen LogP contribution in [-0.4, -0.2) is 24.2 Å². The molecule has 2 fully saturated rings. The number of rotatable bonds is 2. The van der Waals surface area contributed by atoms with Crippen molar-refractivity contribution in [1.82, 2.24) is 5.32 Å². The number of halogens is 2. The van der Waals surface area contributed by atoms with Crippen molar-refractivity contribution in [3.8, 4) is 0 Å². The zero-order chi connectivity index (χ0) is 10.7. The van der Waals surface area contributed by atoms with Crippen LogP contribution in [0, 0.1) is 0 Å². The van der Waals surface area contributed by atoms with Crippen molar-refractivity contribution >= 4 is 24.8 Å². The summed E-state index contributed by atoms with van der Waals surface area (Å²) >= 11 is 0. The SMILES string of the molecule is Cl.Cl.NC1CCC(NC2CCC(N)CC2)CC1. The standard InChI is InChI=1S/C12H25N3.2ClH/c13-9-1-5-11(6-2-9)15-12-7-3-10(14)4-8-12;;/h9-12,15H,1-8,13-14H2;2*1H. The summed E-state index contributed by atoms with van der Waals surface area (Å²) in [6.07, 6.45) is 9.86. The second-order valence-electron chi connectivity index (χ2n) is 5.39. The zero-order valence-electron chi connectivity index (χ0n) is 10.4. The van der Waals surface area contributed by atoms with Gasteiger partial charge in [-0.2, -0.15) is 0 Å². The van der Waals surface area contributed by atoms with Crippen molar-refractivity contribution < 1.29 is 0 Å². The third kappa shape index (κ3) is 5.75. The van der Waals surface area contributed by atoms with E-state index < -0.39 is 0 Å². The van der Waals surface area contributed by atoms with Crippen LogP contribution >= 0.6 is 24.8 Å². The lowest BCUT2D eigenvalue weighted by Crippen LogP contribution is -2.45. The molecule has 0 aliphatic heterocycles. The topological polar surface area (TPSA) is 64.1 Å². The van der Waals surface area contributed by atoms with Crippen LogP contribution in [-0.2, 0) is 0 Å². The molecule has 0 bridgehead atoms. The van der Waals surface area contributed by atoms with Crippen LogP contribution in [0.5, 0.6) is 0 Å². The van der Waals surface area contributed by atoms with Gasteiger partial charge in [-0.25, -0.2) is 0 Å². The number of nitrogens with two attached hydrogens (primary N) is 2. The van der Waals surface area contributed by atoms with Gasteiger partial charge in [0.25, 0.3) is 0 Å². The van der Waals surface area contributed by atoms with Gasteiger partial charge < -0.3 is 16.8 Å². The highest BCUT2D eigenvalue weighted by atomic mass is 35.5.